The summed E-state index contributed by atoms with van der Waals surface area (Å²) in [6.07, 6.45) is 2.75. The van der Waals surface area contributed by atoms with Gasteiger partial charge in [-0.1, -0.05) is 30.3 Å². The highest BCUT2D eigenvalue weighted by molar-refractivity contribution is 5.92. The van der Waals surface area contributed by atoms with Gasteiger partial charge in [-0.3, -0.25) is 9.48 Å². The first kappa shape index (κ1) is 19.2. The largest absolute Gasteiger partial charge is 0.454 e. The lowest BCUT2D eigenvalue weighted by Crippen LogP contribution is -2.33. The Morgan fingerprint density at radius 2 is 2.03 bits per heavy atom. The molecule has 1 aliphatic heterocycles. The van der Waals surface area contributed by atoms with E-state index in [0.717, 1.165) is 28.9 Å². The number of fused-ring (bicyclic) bond motifs is 2. The molecule has 7 nitrogen and oxygen atoms in total. The molecule has 0 atom stereocenters. The summed E-state index contributed by atoms with van der Waals surface area (Å²) in [5.74, 6) is 1.33. The highest BCUT2D eigenvalue weighted by Crippen LogP contribution is 2.36. The molecular weight excluding hydrogens is 392 g/mol. The van der Waals surface area contributed by atoms with Crippen LogP contribution in [0, 0.1) is 6.92 Å². The molecule has 5 rings (SSSR count). The molecule has 0 aliphatic carbocycles. The average Bonchev–Trinajstić information content (AvgIpc) is 3.50. The van der Waals surface area contributed by atoms with E-state index in [1.165, 1.54) is 10.9 Å². The number of nitrogens with zero attached hydrogens (tertiary/aromatic N) is 3. The van der Waals surface area contributed by atoms with E-state index in [-0.39, 0.29) is 12.7 Å². The molecule has 1 aliphatic rings. The summed E-state index contributed by atoms with van der Waals surface area (Å²) in [4.78, 5) is 18.6. The number of ether oxygens (including phenoxy) is 2. The molecule has 0 radical (unpaired) electrons. The van der Waals surface area contributed by atoms with Crippen LogP contribution in [0.5, 0.6) is 11.5 Å². The molecule has 2 aromatic carbocycles. The summed E-state index contributed by atoms with van der Waals surface area (Å²) in [5, 5.41) is 5.58. The maximum absolute atomic E-state index is 13.4. The van der Waals surface area contributed by atoms with E-state index in [1.54, 1.807) is 4.68 Å². The topological polar surface area (TPSA) is 72.4 Å². The minimum Gasteiger partial charge on any atom is -0.454 e. The molecule has 31 heavy (non-hydrogen) atoms. The van der Waals surface area contributed by atoms with Gasteiger partial charge < -0.3 is 19.4 Å². The first-order valence-corrected chi connectivity index (χ1v) is 10.3. The molecular formula is C24H24N4O3. The van der Waals surface area contributed by atoms with E-state index >= 15 is 0 Å². The maximum atomic E-state index is 13.4. The maximum Gasteiger partial charge on any atom is 0.274 e. The van der Waals surface area contributed by atoms with Crippen molar-refractivity contribution in [1.29, 1.82) is 0 Å². The smallest absolute Gasteiger partial charge is 0.274 e. The van der Waals surface area contributed by atoms with Crippen LogP contribution in [0.2, 0.25) is 0 Å². The Hall–Kier alpha value is -3.74. The SMILES string of the molecule is Cc1cc(C(=O)N(CCc2c[nH]c3ccccc23)Cc2cccc3c2OCO3)nn1C. The molecule has 0 unspecified atom stereocenters. The van der Waals surface area contributed by atoms with Crippen LogP contribution in [0.25, 0.3) is 10.9 Å². The van der Waals surface area contributed by atoms with Crippen LogP contribution in [0.3, 0.4) is 0 Å². The highest BCUT2D eigenvalue weighted by Gasteiger charge is 2.24. The van der Waals surface area contributed by atoms with E-state index in [4.69, 9.17) is 9.47 Å². The van der Waals surface area contributed by atoms with Gasteiger partial charge in [0, 0.05) is 48.5 Å². The van der Waals surface area contributed by atoms with Crippen molar-refractivity contribution in [2.24, 2.45) is 7.05 Å². The Morgan fingerprint density at radius 1 is 1.16 bits per heavy atom. The van der Waals surface area contributed by atoms with Crippen LogP contribution in [-0.2, 0) is 20.0 Å². The number of para-hydroxylation sites is 2. The van der Waals surface area contributed by atoms with E-state index in [0.29, 0.717) is 24.5 Å². The summed E-state index contributed by atoms with van der Waals surface area (Å²) < 4.78 is 12.9. The molecule has 0 bridgehead atoms. The monoisotopic (exact) mass is 416 g/mol. The third-order valence-corrected chi connectivity index (χ3v) is 5.79. The predicted molar refractivity (Wildman–Crippen MR) is 117 cm³/mol. The number of benzene rings is 2. The Morgan fingerprint density at radius 3 is 2.87 bits per heavy atom. The number of amides is 1. The molecule has 2 aromatic heterocycles. The molecule has 0 spiro atoms. The number of hydrogen-bond acceptors (Lipinski definition) is 4. The van der Waals surface area contributed by atoms with Gasteiger partial charge in [-0.25, -0.2) is 0 Å². The molecule has 0 fully saturated rings. The van der Waals surface area contributed by atoms with Gasteiger partial charge in [0.15, 0.2) is 17.2 Å². The van der Waals surface area contributed by atoms with Crippen molar-refractivity contribution in [2.45, 2.75) is 19.9 Å². The minimum absolute atomic E-state index is 0.0972. The number of carbonyl (C=O) groups excluding carboxylic acids is 1. The second kappa shape index (κ2) is 7.83. The van der Waals surface area contributed by atoms with Crippen molar-refractivity contribution in [2.75, 3.05) is 13.3 Å². The fourth-order valence-electron chi connectivity index (χ4n) is 3.99. The van der Waals surface area contributed by atoms with Crippen molar-refractivity contribution in [3.05, 3.63) is 77.2 Å². The van der Waals surface area contributed by atoms with E-state index in [1.807, 2.05) is 61.5 Å². The molecule has 0 saturated carbocycles. The van der Waals surface area contributed by atoms with Crippen molar-refractivity contribution in [3.63, 3.8) is 0 Å². The van der Waals surface area contributed by atoms with Gasteiger partial charge in [0.1, 0.15) is 0 Å². The van der Waals surface area contributed by atoms with Gasteiger partial charge in [0.25, 0.3) is 5.91 Å². The van der Waals surface area contributed by atoms with Gasteiger partial charge in [0.05, 0.1) is 0 Å². The number of carbonyl (C=O) groups is 1. The van der Waals surface area contributed by atoms with Crippen LogP contribution < -0.4 is 9.47 Å². The van der Waals surface area contributed by atoms with Crippen molar-refractivity contribution in [3.8, 4) is 11.5 Å². The summed E-state index contributed by atoms with van der Waals surface area (Å²) in [6, 6.07) is 15.8. The normalized spacial score (nSPS) is 12.5. The second-order valence-electron chi connectivity index (χ2n) is 7.78. The number of rotatable bonds is 6. The highest BCUT2D eigenvalue weighted by atomic mass is 16.7. The van der Waals surface area contributed by atoms with Gasteiger partial charge in [-0.05, 0) is 37.1 Å². The van der Waals surface area contributed by atoms with Crippen molar-refractivity contribution >= 4 is 16.8 Å². The van der Waals surface area contributed by atoms with E-state index in [9.17, 15) is 4.79 Å². The fraction of sp³-hybridized carbons (Fsp3) is 0.250. The standard InChI is InChI=1S/C24H24N4O3/c1-16-12-21(26-27(16)2)24(29)28(14-18-6-5-9-22-23(18)31-15-30-22)11-10-17-13-25-20-8-4-3-7-19(17)20/h3-9,12-13,25H,10-11,14-15H2,1-2H3. The zero-order chi connectivity index (χ0) is 21.4. The van der Waals surface area contributed by atoms with Crippen LogP contribution >= 0.6 is 0 Å². The summed E-state index contributed by atoms with van der Waals surface area (Å²) >= 11 is 0. The fourth-order valence-corrected chi connectivity index (χ4v) is 3.99. The Kier molecular flexibility index (Phi) is 4.86. The number of hydrogen-bond donors (Lipinski definition) is 1. The second-order valence-corrected chi connectivity index (χ2v) is 7.78. The van der Waals surface area contributed by atoms with Crippen LogP contribution in [0.15, 0.2) is 54.7 Å². The first-order chi connectivity index (χ1) is 15.1. The van der Waals surface area contributed by atoms with Crippen LogP contribution in [-0.4, -0.2) is 38.9 Å². The number of aromatic amines is 1. The molecule has 4 aromatic rings. The average molecular weight is 416 g/mol. The number of H-pyrrole nitrogens is 1. The lowest BCUT2D eigenvalue weighted by atomic mass is 10.1. The van der Waals surface area contributed by atoms with Gasteiger partial charge >= 0.3 is 0 Å². The summed E-state index contributed by atoms with van der Waals surface area (Å²) in [6.45, 7) is 3.12. The van der Waals surface area contributed by atoms with Crippen molar-refractivity contribution in [1.82, 2.24) is 19.7 Å². The van der Waals surface area contributed by atoms with Crippen molar-refractivity contribution < 1.29 is 14.3 Å². The number of nitrogens with one attached hydrogen (secondary N) is 1. The first-order valence-electron chi connectivity index (χ1n) is 10.3. The van der Waals surface area contributed by atoms with Gasteiger partial charge in [-0.2, -0.15) is 5.10 Å². The third kappa shape index (κ3) is 3.63. The molecule has 7 heteroatoms. The third-order valence-electron chi connectivity index (χ3n) is 5.79. The van der Waals surface area contributed by atoms with E-state index in [2.05, 4.69) is 22.2 Å². The Labute approximate surface area is 180 Å². The van der Waals surface area contributed by atoms with Crippen LogP contribution in [0.1, 0.15) is 27.3 Å². The lowest BCUT2D eigenvalue weighted by molar-refractivity contribution is 0.0737. The molecule has 1 N–H and O–H groups in total. The Bertz CT molecular complexity index is 1240. The Balaban J connectivity index is 1.43. The summed E-state index contributed by atoms with van der Waals surface area (Å²) in [5.41, 5.74) is 4.60. The van der Waals surface area contributed by atoms with Gasteiger partial charge in [0.2, 0.25) is 6.79 Å². The number of aromatic nitrogens is 3. The number of aryl methyl sites for hydroxylation is 2. The zero-order valence-corrected chi connectivity index (χ0v) is 17.6. The van der Waals surface area contributed by atoms with E-state index < -0.39 is 0 Å². The molecule has 3 heterocycles. The zero-order valence-electron chi connectivity index (χ0n) is 17.6. The molecule has 158 valence electrons. The quantitative estimate of drug-likeness (QED) is 0.519. The minimum atomic E-state index is -0.0972. The predicted octanol–water partition coefficient (Wildman–Crippen LogP) is 3.82. The van der Waals surface area contributed by atoms with Gasteiger partial charge in [-0.15, -0.1) is 0 Å². The van der Waals surface area contributed by atoms with Crippen LogP contribution in [0.4, 0.5) is 0 Å². The lowest BCUT2D eigenvalue weighted by Gasteiger charge is -2.22. The molecule has 0 saturated heterocycles. The molecule has 1 amide bonds. The summed E-state index contributed by atoms with van der Waals surface area (Å²) in [7, 11) is 1.84.